The van der Waals surface area contributed by atoms with Crippen molar-refractivity contribution >= 4 is 23.4 Å². The Morgan fingerprint density at radius 3 is 2.37 bits per heavy atom. The van der Waals surface area contributed by atoms with E-state index in [0.29, 0.717) is 70.0 Å². The first-order valence-electron chi connectivity index (χ1n) is 18.8. The van der Waals surface area contributed by atoms with Gasteiger partial charge in [-0.2, -0.15) is 0 Å². The van der Waals surface area contributed by atoms with E-state index >= 15 is 14.4 Å². The number of morpholine rings is 1. The Hall–Kier alpha value is -4.03. The van der Waals surface area contributed by atoms with Gasteiger partial charge in [-0.1, -0.05) is 49.4 Å². The van der Waals surface area contributed by atoms with Crippen molar-refractivity contribution in [2.75, 3.05) is 70.6 Å². The van der Waals surface area contributed by atoms with Crippen molar-refractivity contribution in [3.63, 3.8) is 0 Å². The van der Waals surface area contributed by atoms with E-state index in [1.165, 1.54) is 0 Å². The molecule has 52 heavy (non-hydrogen) atoms. The summed E-state index contributed by atoms with van der Waals surface area (Å²) in [7, 11) is 0. The normalized spacial score (nSPS) is 27.2. The van der Waals surface area contributed by atoms with Gasteiger partial charge in [0.05, 0.1) is 49.9 Å². The summed E-state index contributed by atoms with van der Waals surface area (Å²) < 4.78 is 18.3. The Morgan fingerprint density at radius 2 is 1.73 bits per heavy atom. The Morgan fingerprint density at radius 1 is 1.02 bits per heavy atom. The quantitative estimate of drug-likeness (QED) is 0.247. The average Bonchev–Trinajstić information content (AvgIpc) is 3.79. The van der Waals surface area contributed by atoms with Gasteiger partial charge in [0, 0.05) is 45.0 Å². The molecule has 280 valence electrons. The molecule has 11 nitrogen and oxygen atoms in total. The smallest absolute Gasteiger partial charge is 0.248 e. The minimum absolute atomic E-state index is 0.227. The number of rotatable bonds is 17. The maximum Gasteiger partial charge on any atom is 0.248 e. The van der Waals surface area contributed by atoms with Crippen LogP contribution >= 0.6 is 0 Å². The largest absolute Gasteiger partial charge is 0.494 e. The van der Waals surface area contributed by atoms with Gasteiger partial charge in [0.15, 0.2) is 0 Å². The predicted molar refractivity (Wildman–Crippen MR) is 199 cm³/mol. The zero-order chi connectivity index (χ0) is 36.9. The molecule has 6 atom stereocenters. The molecular weight excluding hydrogens is 660 g/mol. The highest BCUT2D eigenvalue weighted by Crippen LogP contribution is 2.65. The molecule has 2 unspecified atom stereocenters. The topological polar surface area (TPSA) is 112 Å². The van der Waals surface area contributed by atoms with Crippen molar-refractivity contribution in [1.29, 1.82) is 0 Å². The van der Waals surface area contributed by atoms with E-state index in [1.807, 2.05) is 68.4 Å². The molecule has 4 aliphatic rings. The number of ether oxygens (including phenoxy) is 3. The van der Waals surface area contributed by atoms with Gasteiger partial charge in [-0.3, -0.25) is 19.3 Å². The van der Waals surface area contributed by atoms with Crippen molar-refractivity contribution in [2.45, 2.75) is 62.8 Å². The lowest BCUT2D eigenvalue weighted by molar-refractivity contribution is -0.156. The van der Waals surface area contributed by atoms with E-state index in [1.54, 1.807) is 26.9 Å². The van der Waals surface area contributed by atoms with Crippen LogP contribution in [-0.2, 0) is 30.3 Å². The third kappa shape index (κ3) is 6.91. The molecule has 4 fully saturated rings. The standard InChI is InChI=1S/C41H54N4O7/c1-5-20-43(23-22-42-24-26-50-27-25-42)39(49)36-41-19-18-40(7-3,52-41)34(37(47)44(21-6-2)31-14-16-33(17-15-31)51-8-4)35(41)38(48)45(36)32(29-46)28-30-12-10-9-11-13-30/h5-6,9-17,32,34-36,46H,1-2,7-8,18-29H2,3-4H3/t32-,34+,35+,36?,40-,41?/m1/s1. The van der Waals surface area contributed by atoms with Crippen molar-refractivity contribution in [1.82, 2.24) is 14.7 Å². The van der Waals surface area contributed by atoms with Gasteiger partial charge < -0.3 is 34.0 Å². The highest BCUT2D eigenvalue weighted by atomic mass is 16.5. The number of hydrogen-bond donors (Lipinski definition) is 1. The molecule has 0 radical (unpaired) electrons. The number of amides is 3. The molecule has 1 N–H and O–H groups in total. The van der Waals surface area contributed by atoms with E-state index in [9.17, 15) is 5.11 Å². The van der Waals surface area contributed by atoms with Gasteiger partial charge in [0.25, 0.3) is 0 Å². The molecule has 6 rings (SSSR count). The van der Waals surface area contributed by atoms with Crippen molar-refractivity contribution in [2.24, 2.45) is 11.8 Å². The van der Waals surface area contributed by atoms with Gasteiger partial charge in [-0.25, -0.2) is 0 Å². The summed E-state index contributed by atoms with van der Waals surface area (Å²) in [4.78, 5) is 52.6. The summed E-state index contributed by atoms with van der Waals surface area (Å²) >= 11 is 0. The van der Waals surface area contributed by atoms with Crippen LogP contribution in [0.3, 0.4) is 0 Å². The second kappa shape index (κ2) is 16.3. The monoisotopic (exact) mass is 714 g/mol. The maximum absolute atomic E-state index is 15.2. The lowest BCUT2D eigenvalue weighted by Gasteiger charge is -2.40. The number of aliphatic hydroxyl groups excluding tert-OH is 1. The molecule has 4 aliphatic heterocycles. The Labute approximate surface area is 307 Å². The van der Waals surface area contributed by atoms with Crippen LogP contribution in [0.15, 0.2) is 79.9 Å². The molecule has 4 saturated heterocycles. The number of carbonyl (C=O) groups excluding carboxylic acids is 3. The van der Waals surface area contributed by atoms with Crippen LogP contribution < -0.4 is 9.64 Å². The molecule has 11 heteroatoms. The third-order valence-electron chi connectivity index (χ3n) is 11.5. The highest BCUT2D eigenvalue weighted by molar-refractivity contribution is 6.03. The van der Waals surface area contributed by atoms with Crippen LogP contribution in [0.4, 0.5) is 5.69 Å². The fourth-order valence-electron chi connectivity index (χ4n) is 9.06. The SMILES string of the molecule is C=CCN(CCN1CCOCC1)C(=O)C1N([C@@H](CO)Cc2ccccc2)C(=O)[C@@H]2[C@@H](C(=O)N(CC=C)c3ccc(OCC)cc3)[C@@]3(CC)CCC12O3. The van der Waals surface area contributed by atoms with Crippen LogP contribution in [0.25, 0.3) is 0 Å². The summed E-state index contributed by atoms with van der Waals surface area (Å²) in [6, 6.07) is 15.3. The van der Waals surface area contributed by atoms with E-state index in [4.69, 9.17) is 14.2 Å². The summed E-state index contributed by atoms with van der Waals surface area (Å²) in [6.45, 7) is 16.4. The van der Waals surface area contributed by atoms with E-state index < -0.39 is 35.1 Å². The molecule has 2 aromatic carbocycles. The lowest BCUT2D eigenvalue weighted by atomic mass is 9.64. The maximum atomic E-state index is 15.2. The number of benzene rings is 2. The van der Waals surface area contributed by atoms with Crippen molar-refractivity contribution < 1.29 is 33.7 Å². The third-order valence-corrected chi connectivity index (χ3v) is 11.5. The number of aliphatic hydroxyl groups is 1. The minimum atomic E-state index is -1.24. The molecule has 1 spiro atoms. The van der Waals surface area contributed by atoms with E-state index in [2.05, 4.69) is 18.1 Å². The average molecular weight is 715 g/mol. The Kier molecular flexibility index (Phi) is 11.8. The van der Waals surface area contributed by atoms with Crippen LogP contribution in [0, 0.1) is 11.8 Å². The fourth-order valence-corrected chi connectivity index (χ4v) is 9.06. The van der Waals surface area contributed by atoms with Gasteiger partial charge in [-0.15, -0.1) is 13.2 Å². The molecule has 3 amide bonds. The lowest BCUT2D eigenvalue weighted by Crippen LogP contribution is -2.60. The van der Waals surface area contributed by atoms with Crippen LogP contribution in [0.5, 0.6) is 5.75 Å². The first-order valence-corrected chi connectivity index (χ1v) is 18.8. The number of anilines is 1. The summed E-state index contributed by atoms with van der Waals surface area (Å²) in [5, 5.41) is 11.0. The van der Waals surface area contributed by atoms with Crippen LogP contribution in [-0.4, -0.2) is 127 Å². The number of likely N-dealkylation sites (tertiary alicyclic amines) is 1. The van der Waals surface area contributed by atoms with Gasteiger partial charge >= 0.3 is 0 Å². The van der Waals surface area contributed by atoms with Crippen molar-refractivity contribution in [3.05, 3.63) is 85.5 Å². The summed E-state index contributed by atoms with van der Waals surface area (Å²) in [5.41, 5.74) is -0.589. The van der Waals surface area contributed by atoms with E-state index in [0.717, 1.165) is 18.7 Å². The predicted octanol–water partition coefficient (Wildman–Crippen LogP) is 3.71. The molecule has 0 aromatic heterocycles. The van der Waals surface area contributed by atoms with Crippen molar-refractivity contribution in [3.8, 4) is 5.75 Å². The Balaban J connectivity index is 1.41. The molecule has 0 saturated carbocycles. The molecule has 2 aromatic rings. The first kappa shape index (κ1) is 37.7. The fraction of sp³-hybridized carbons (Fsp3) is 0.537. The van der Waals surface area contributed by atoms with Gasteiger partial charge in [-0.05, 0) is 62.4 Å². The highest BCUT2D eigenvalue weighted by Gasteiger charge is 2.79. The summed E-state index contributed by atoms with van der Waals surface area (Å²) in [5.74, 6) is -1.87. The van der Waals surface area contributed by atoms with Gasteiger partial charge in [0.2, 0.25) is 17.7 Å². The number of carbonyl (C=O) groups is 3. The number of nitrogens with zero attached hydrogens (tertiary/aromatic N) is 4. The molecule has 4 heterocycles. The second-order valence-electron chi connectivity index (χ2n) is 14.3. The van der Waals surface area contributed by atoms with Gasteiger partial charge in [0.1, 0.15) is 17.4 Å². The molecular formula is C41H54N4O7. The zero-order valence-electron chi connectivity index (χ0n) is 30.7. The Bertz CT molecular complexity index is 1580. The minimum Gasteiger partial charge on any atom is -0.494 e. The number of hydrogen-bond acceptors (Lipinski definition) is 8. The summed E-state index contributed by atoms with van der Waals surface area (Å²) in [6.07, 6.45) is 5.21. The molecule has 0 aliphatic carbocycles. The second-order valence-corrected chi connectivity index (χ2v) is 14.3. The van der Waals surface area contributed by atoms with Crippen LogP contribution in [0.2, 0.25) is 0 Å². The van der Waals surface area contributed by atoms with Crippen LogP contribution in [0.1, 0.15) is 38.7 Å². The molecule has 2 bridgehead atoms. The first-order chi connectivity index (χ1) is 25.3. The zero-order valence-corrected chi connectivity index (χ0v) is 30.7. The number of fused-ring (bicyclic) bond motifs is 1. The van der Waals surface area contributed by atoms with E-state index in [-0.39, 0.29) is 37.4 Å².